The number of hydrogen-bond donors (Lipinski definition) is 1. The highest BCUT2D eigenvalue weighted by Crippen LogP contribution is 2.34. The predicted molar refractivity (Wildman–Crippen MR) is 143 cm³/mol. The molecule has 6 nitrogen and oxygen atoms in total. The van der Waals surface area contributed by atoms with Gasteiger partial charge in [-0.15, -0.1) is 11.3 Å². The maximum absolute atomic E-state index is 13.6. The monoisotopic (exact) mass is 526 g/mol. The number of ether oxygens (including phenoxy) is 2. The average Bonchev–Trinajstić information content (AvgIpc) is 3.37. The molecule has 0 fully saturated rings. The van der Waals surface area contributed by atoms with Crippen molar-refractivity contribution in [3.63, 3.8) is 0 Å². The largest absolute Gasteiger partial charge is 0.491 e. The molecule has 2 atom stereocenters. The van der Waals surface area contributed by atoms with Gasteiger partial charge in [0.05, 0.1) is 31.9 Å². The molecule has 0 unspecified atom stereocenters. The summed E-state index contributed by atoms with van der Waals surface area (Å²) in [6.45, 7) is 4.82. The highest BCUT2D eigenvalue weighted by Gasteiger charge is 2.33. The van der Waals surface area contributed by atoms with Crippen molar-refractivity contribution in [2.45, 2.75) is 38.5 Å². The molecule has 1 N–H and O–H groups in total. The van der Waals surface area contributed by atoms with Crippen LogP contribution in [0.2, 0.25) is 0 Å². The van der Waals surface area contributed by atoms with Crippen molar-refractivity contribution in [1.29, 1.82) is 0 Å². The van der Waals surface area contributed by atoms with Crippen LogP contribution in [-0.2, 0) is 22.6 Å². The summed E-state index contributed by atoms with van der Waals surface area (Å²) in [6, 6.07) is 17.7. The van der Waals surface area contributed by atoms with Gasteiger partial charge < -0.3 is 19.5 Å². The predicted octanol–water partition coefficient (Wildman–Crippen LogP) is 4.68. The van der Waals surface area contributed by atoms with Gasteiger partial charge in [0.25, 0.3) is 0 Å². The summed E-state index contributed by atoms with van der Waals surface area (Å²) in [5, 5.41) is 12.6. The summed E-state index contributed by atoms with van der Waals surface area (Å²) in [5.41, 5.74) is 2.15. The maximum atomic E-state index is 13.6. The molecule has 0 spiro atoms. The topological polar surface area (TPSA) is 62.2 Å². The molecule has 1 aliphatic rings. The SMILES string of the molecule is CCCN(CC(=O)N1CCc2sccc2[C@@H]1COc1cccc(F)c1)C[C@@H](O)COCc1ccccc1. The second kappa shape index (κ2) is 13.7. The van der Waals surface area contributed by atoms with E-state index in [0.29, 0.717) is 32.0 Å². The van der Waals surface area contributed by atoms with E-state index in [9.17, 15) is 14.3 Å². The standard InChI is InChI=1S/C29H35FN2O4S/c1-2-13-31(17-24(33)20-35-19-22-7-4-3-5-8-22)18-29(34)32-14-11-28-26(12-15-37-28)27(32)21-36-25-10-6-9-23(30)16-25/h3-10,12,15-16,24,27,33H,2,11,13-14,17-21H2,1H3/t24-,27+/m1/s1. The average molecular weight is 527 g/mol. The lowest BCUT2D eigenvalue weighted by atomic mass is 10.0. The van der Waals surface area contributed by atoms with Gasteiger partial charge in [0.2, 0.25) is 5.91 Å². The fourth-order valence-corrected chi connectivity index (χ4v) is 5.61. The second-order valence-corrected chi connectivity index (χ2v) is 10.3. The summed E-state index contributed by atoms with van der Waals surface area (Å²) < 4.78 is 25.3. The van der Waals surface area contributed by atoms with Crippen molar-refractivity contribution >= 4 is 17.2 Å². The van der Waals surface area contributed by atoms with Crippen molar-refractivity contribution in [2.75, 3.05) is 39.4 Å². The minimum absolute atomic E-state index is 0.00412. The Kier molecular flexibility index (Phi) is 10.1. The molecule has 0 bridgehead atoms. The van der Waals surface area contributed by atoms with Gasteiger partial charge in [0.15, 0.2) is 0 Å². The van der Waals surface area contributed by atoms with E-state index in [1.165, 1.54) is 17.0 Å². The van der Waals surface area contributed by atoms with Crippen LogP contribution in [0.1, 0.15) is 35.4 Å². The Bertz CT molecular complexity index is 1130. The molecule has 37 heavy (non-hydrogen) atoms. The number of nitrogens with zero attached hydrogens (tertiary/aromatic N) is 2. The summed E-state index contributed by atoms with van der Waals surface area (Å²) in [4.78, 5) is 18.7. The number of rotatable bonds is 13. The Hall–Kier alpha value is -2.78. The highest BCUT2D eigenvalue weighted by molar-refractivity contribution is 7.10. The molecule has 2 aromatic carbocycles. The van der Waals surface area contributed by atoms with Gasteiger partial charge >= 0.3 is 0 Å². The van der Waals surface area contributed by atoms with Crippen molar-refractivity contribution in [3.8, 4) is 5.75 Å². The van der Waals surface area contributed by atoms with Crippen molar-refractivity contribution in [3.05, 3.63) is 87.9 Å². The molecule has 198 valence electrons. The molecule has 1 aromatic heterocycles. The van der Waals surface area contributed by atoms with Gasteiger partial charge in [-0.1, -0.05) is 43.3 Å². The fourth-order valence-electron chi connectivity index (χ4n) is 4.68. The molecule has 8 heteroatoms. The van der Waals surface area contributed by atoms with E-state index in [4.69, 9.17) is 9.47 Å². The van der Waals surface area contributed by atoms with Gasteiger partial charge in [0.1, 0.15) is 18.2 Å². The number of hydrogen-bond acceptors (Lipinski definition) is 6. The minimum atomic E-state index is -0.694. The molecule has 1 amide bonds. The molecule has 0 aliphatic carbocycles. The molecule has 0 saturated carbocycles. The smallest absolute Gasteiger partial charge is 0.237 e. The Labute approximate surface area is 222 Å². The Morgan fingerprint density at radius 1 is 1.22 bits per heavy atom. The number of halogens is 1. The molecular weight excluding hydrogens is 491 g/mol. The first-order valence-electron chi connectivity index (χ1n) is 12.8. The first-order chi connectivity index (χ1) is 18.0. The zero-order valence-electron chi connectivity index (χ0n) is 21.2. The second-order valence-electron chi connectivity index (χ2n) is 9.31. The van der Waals surface area contributed by atoms with Crippen LogP contribution in [0.5, 0.6) is 5.75 Å². The minimum Gasteiger partial charge on any atom is -0.491 e. The first-order valence-corrected chi connectivity index (χ1v) is 13.7. The number of carbonyl (C=O) groups excluding carboxylic acids is 1. The number of carbonyl (C=O) groups is 1. The lowest BCUT2D eigenvalue weighted by Gasteiger charge is -2.37. The molecule has 2 heterocycles. The number of aliphatic hydroxyl groups is 1. The van der Waals surface area contributed by atoms with Crippen molar-refractivity contribution in [2.24, 2.45) is 0 Å². The van der Waals surface area contributed by atoms with Crippen LogP contribution in [0.25, 0.3) is 0 Å². The van der Waals surface area contributed by atoms with Crippen LogP contribution in [0.3, 0.4) is 0 Å². The van der Waals surface area contributed by atoms with Gasteiger partial charge in [-0.2, -0.15) is 0 Å². The quantitative estimate of drug-likeness (QED) is 0.350. The number of thiophene rings is 1. The zero-order chi connectivity index (χ0) is 26.0. The summed E-state index contributed by atoms with van der Waals surface area (Å²) in [5.74, 6) is 0.0864. The van der Waals surface area contributed by atoms with Gasteiger partial charge in [-0.3, -0.25) is 9.69 Å². The number of benzene rings is 2. The van der Waals surface area contributed by atoms with Gasteiger partial charge in [-0.05, 0) is 54.1 Å². The highest BCUT2D eigenvalue weighted by atomic mass is 32.1. The van der Waals surface area contributed by atoms with Crippen LogP contribution < -0.4 is 4.74 Å². The van der Waals surface area contributed by atoms with E-state index >= 15 is 0 Å². The van der Waals surface area contributed by atoms with Crippen LogP contribution in [-0.4, -0.2) is 66.3 Å². The molecular formula is C29H35FN2O4S. The molecule has 0 saturated heterocycles. The summed E-state index contributed by atoms with van der Waals surface area (Å²) in [7, 11) is 0. The third-order valence-corrected chi connectivity index (χ3v) is 7.41. The van der Waals surface area contributed by atoms with Gasteiger partial charge in [-0.25, -0.2) is 4.39 Å². The first kappa shape index (κ1) is 27.3. The van der Waals surface area contributed by atoms with Crippen LogP contribution in [0, 0.1) is 5.82 Å². The number of amides is 1. The van der Waals surface area contributed by atoms with Crippen LogP contribution >= 0.6 is 11.3 Å². The Morgan fingerprint density at radius 3 is 2.84 bits per heavy atom. The lowest BCUT2D eigenvalue weighted by Crippen LogP contribution is -2.48. The molecule has 1 aliphatic heterocycles. The van der Waals surface area contributed by atoms with Crippen LogP contribution in [0.15, 0.2) is 66.0 Å². The van der Waals surface area contributed by atoms with E-state index in [1.807, 2.05) is 45.5 Å². The maximum Gasteiger partial charge on any atom is 0.237 e. The fraction of sp³-hybridized carbons (Fsp3) is 0.414. The van der Waals surface area contributed by atoms with E-state index in [1.54, 1.807) is 23.5 Å². The third-order valence-electron chi connectivity index (χ3n) is 6.41. The normalized spacial score (nSPS) is 16.0. The third kappa shape index (κ3) is 7.85. The summed E-state index contributed by atoms with van der Waals surface area (Å²) in [6.07, 6.45) is 0.977. The van der Waals surface area contributed by atoms with Gasteiger partial charge in [0, 0.05) is 24.0 Å². The van der Waals surface area contributed by atoms with E-state index in [2.05, 4.69) is 13.0 Å². The van der Waals surface area contributed by atoms with Crippen molar-refractivity contribution < 1.29 is 23.8 Å². The van der Waals surface area contributed by atoms with E-state index in [-0.39, 0.29) is 37.5 Å². The number of aliphatic hydroxyl groups excluding tert-OH is 1. The zero-order valence-corrected chi connectivity index (χ0v) is 22.0. The lowest BCUT2D eigenvalue weighted by molar-refractivity contribution is -0.136. The van der Waals surface area contributed by atoms with E-state index < -0.39 is 6.10 Å². The van der Waals surface area contributed by atoms with Crippen LogP contribution in [0.4, 0.5) is 4.39 Å². The molecule has 0 radical (unpaired) electrons. The Balaban J connectivity index is 1.35. The van der Waals surface area contributed by atoms with E-state index in [0.717, 1.165) is 24.0 Å². The number of fused-ring (bicyclic) bond motifs is 1. The Morgan fingerprint density at radius 2 is 2.05 bits per heavy atom. The molecule has 4 rings (SSSR count). The van der Waals surface area contributed by atoms with Crippen molar-refractivity contribution in [1.82, 2.24) is 9.80 Å². The summed E-state index contributed by atoms with van der Waals surface area (Å²) >= 11 is 1.69. The molecule has 3 aromatic rings.